The molecule has 6 heteroatoms. The van der Waals surface area contributed by atoms with Crippen LogP contribution in [0.25, 0.3) is 0 Å². The molecule has 0 spiro atoms. The zero-order valence-electron chi connectivity index (χ0n) is 9.35. The summed E-state index contributed by atoms with van der Waals surface area (Å²) in [6.07, 6.45) is -0.560. The van der Waals surface area contributed by atoms with Crippen molar-refractivity contribution in [2.24, 2.45) is 0 Å². The minimum atomic E-state index is -0.879. The Bertz CT molecular complexity index is 296. The van der Waals surface area contributed by atoms with E-state index in [9.17, 15) is 4.79 Å². The summed E-state index contributed by atoms with van der Waals surface area (Å²) in [6.45, 7) is 1.14. The van der Waals surface area contributed by atoms with Gasteiger partial charge in [-0.05, 0) is 19.1 Å². The monoisotopic (exact) mass is 244 g/mol. The van der Waals surface area contributed by atoms with Crippen molar-refractivity contribution in [3.05, 3.63) is 35.9 Å². The van der Waals surface area contributed by atoms with Crippen molar-refractivity contribution in [2.75, 3.05) is 6.61 Å². The van der Waals surface area contributed by atoms with E-state index in [1.807, 2.05) is 0 Å². The highest BCUT2D eigenvalue weighted by Crippen LogP contribution is 1.96. The van der Waals surface area contributed by atoms with Gasteiger partial charge in [0.2, 0.25) is 0 Å². The smallest absolute Gasteiger partial charge is 0.335 e. The molecule has 17 heavy (non-hydrogen) atoms. The number of rotatable bonds is 2. The Hall–Kier alpha value is -1.92. The fourth-order valence-electron chi connectivity index (χ4n) is 0.581. The highest BCUT2D eigenvalue weighted by atomic mass is 16.4. The Morgan fingerprint density at radius 1 is 1.35 bits per heavy atom. The topological polar surface area (TPSA) is 115 Å². The molecule has 0 aliphatic heterocycles. The lowest BCUT2D eigenvalue weighted by Gasteiger charge is -1.90. The third-order valence-corrected chi connectivity index (χ3v) is 1.28. The molecule has 0 heterocycles. The fourth-order valence-corrected chi connectivity index (χ4v) is 0.581. The summed E-state index contributed by atoms with van der Waals surface area (Å²) in [6, 6.07) is 8.30. The zero-order chi connectivity index (χ0) is 13.7. The van der Waals surface area contributed by atoms with E-state index < -0.39 is 12.1 Å². The van der Waals surface area contributed by atoms with E-state index in [0.717, 1.165) is 0 Å². The second kappa shape index (κ2) is 12.2. The van der Waals surface area contributed by atoms with E-state index in [-0.39, 0.29) is 13.1 Å². The van der Waals surface area contributed by atoms with Crippen molar-refractivity contribution in [3.63, 3.8) is 0 Å². The third-order valence-electron chi connectivity index (χ3n) is 1.28. The van der Waals surface area contributed by atoms with Gasteiger partial charge in [-0.25, -0.2) is 4.79 Å². The molecule has 0 bridgehead atoms. The summed E-state index contributed by atoms with van der Waals surface area (Å²) in [5, 5.41) is 31.3. The molecule has 0 amide bonds. The van der Waals surface area contributed by atoms with Crippen LogP contribution < -0.4 is 0 Å². The maximum atomic E-state index is 10.2. The van der Waals surface area contributed by atoms with Crippen molar-refractivity contribution in [1.82, 2.24) is 0 Å². The van der Waals surface area contributed by atoms with Crippen molar-refractivity contribution < 1.29 is 30.0 Å². The average molecular weight is 244 g/mol. The number of aliphatic hydroxyl groups excluding tert-OH is 2. The summed E-state index contributed by atoms with van der Waals surface area (Å²) >= 11 is 0. The first-order valence-corrected chi connectivity index (χ1v) is 4.64. The second-order valence-corrected chi connectivity index (χ2v) is 2.81. The molecule has 0 saturated carbocycles. The SMILES string of the molecule is CC(O)CO.O=C(O)c1ccccc1.O=CO. The first-order chi connectivity index (χ1) is 7.99. The predicted octanol–water partition coefficient (Wildman–Crippen LogP) is 0.445. The quantitative estimate of drug-likeness (QED) is 0.561. The van der Waals surface area contributed by atoms with Gasteiger partial charge in [0.25, 0.3) is 6.47 Å². The van der Waals surface area contributed by atoms with Gasteiger partial charge in [-0.2, -0.15) is 0 Å². The van der Waals surface area contributed by atoms with Crippen LogP contribution in [-0.2, 0) is 4.79 Å². The van der Waals surface area contributed by atoms with Crippen LogP contribution in [0.15, 0.2) is 30.3 Å². The molecule has 1 aromatic rings. The third kappa shape index (κ3) is 14.1. The lowest BCUT2D eigenvalue weighted by molar-refractivity contribution is -0.122. The van der Waals surface area contributed by atoms with Crippen molar-refractivity contribution in [1.29, 1.82) is 0 Å². The molecule has 1 aromatic carbocycles. The van der Waals surface area contributed by atoms with Gasteiger partial charge in [0.05, 0.1) is 18.3 Å². The lowest BCUT2D eigenvalue weighted by Crippen LogP contribution is -2.03. The number of hydrogen-bond donors (Lipinski definition) is 4. The molecule has 4 N–H and O–H groups in total. The molecule has 1 rings (SSSR count). The summed E-state index contributed by atoms with van der Waals surface area (Å²) in [5.74, 6) is -0.879. The molecule has 0 fully saturated rings. The molecule has 0 aliphatic carbocycles. The number of carbonyl (C=O) groups is 2. The van der Waals surface area contributed by atoms with Crippen LogP contribution in [0.3, 0.4) is 0 Å². The number of benzene rings is 1. The van der Waals surface area contributed by atoms with E-state index >= 15 is 0 Å². The van der Waals surface area contributed by atoms with Crippen LogP contribution in [0.5, 0.6) is 0 Å². The number of hydrogen-bond acceptors (Lipinski definition) is 4. The molecular weight excluding hydrogens is 228 g/mol. The van der Waals surface area contributed by atoms with Gasteiger partial charge in [-0.1, -0.05) is 18.2 Å². The summed E-state index contributed by atoms with van der Waals surface area (Å²) in [5.41, 5.74) is 0.331. The van der Waals surface area contributed by atoms with Gasteiger partial charge >= 0.3 is 5.97 Å². The van der Waals surface area contributed by atoms with Gasteiger partial charge in [0.1, 0.15) is 0 Å². The van der Waals surface area contributed by atoms with E-state index in [2.05, 4.69) is 0 Å². The predicted molar refractivity (Wildman–Crippen MR) is 60.9 cm³/mol. The number of carboxylic acids is 1. The number of aliphatic hydroxyl groups is 2. The van der Waals surface area contributed by atoms with Crippen molar-refractivity contribution >= 4 is 12.4 Å². The Kier molecular flexibility index (Phi) is 12.5. The second-order valence-electron chi connectivity index (χ2n) is 2.81. The zero-order valence-corrected chi connectivity index (χ0v) is 9.35. The normalized spacial score (nSPS) is 9.82. The number of aromatic carboxylic acids is 1. The van der Waals surface area contributed by atoms with Crippen molar-refractivity contribution in [3.8, 4) is 0 Å². The first-order valence-electron chi connectivity index (χ1n) is 4.64. The van der Waals surface area contributed by atoms with E-state index in [0.29, 0.717) is 5.56 Å². The van der Waals surface area contributed by atoms with Gasteiger partial charge in [0, 0.05) is 0 Å². The molecule has 0 radical (unpaired) electrons. The molecule has 1 atom stereocenters. The first kappa shape index (κ1) is 17.5. The van der Waals surface area contributed by atoms with E-state index in [1.54, 1.807) is 30.3 Å². The molecular formula is C11H16O6. The highest BCUT2D eigenvalue weighted by molar-refractivity contribution is 5.87. The maximum Gasteiger partial charge on any atom is 0.335 e. The summed E-state index contributed by atoms with van der Waals surface area (Å²) in [4.78, 5) is 18.6. The lowest BCUT2D eigenvalue weighted by atomic mass is 10.2. The van der Waals surface area contributed by atoms with Gasteiger partial charge in [0.15, 0.2) is 0 Å². The maximum absolute atomic E-state index is 10.2. The molecule has 96 valence electrons. The largest absolute Gasteiger partial charge is 0.483 e. The Labute approximate surface area is 98.8 Å². The number of carboxylic acid groups (broad SMARTS) is 2. The summed E-state index contributed by atoms with van der Waals surface area (Å²) in [7, 11) is 0. The summed E-state index contributed by atoms with van der Waals surface area (Å²) < 4.78 is 0. The molecule has 0 aliphatic rings. The molecule has 6 nitrogen and oxygen atoms in total. The fraction of sp³-hybridized carbons (Fsp3) is 0.273. The van der Waals surface area contributed by atoms with E-state index in [1.165, 1.54) is 6.92 Å². The Morgan fingerprint density at radius 2 is 1.71 bits per heavy atom. The van der Waals surface area contributed by atoms with Crippen LogP contribution >= 0.6 is 0 Å². The Balaban J connectivity index is 0. The van der Waals surface area contributed by atoms with E-state index in [4.69, 9.17) is 25.2 Å². The van der Waals surface area contributed by atoms with Crippen LogP contribution in [0, 0.1) is 0 Å². The van der Waals surface area contributed by atoms with Crippen molar-refractivity contribution in [2.45, 2.75) is 13.0 Å². The molecule has 0 aromatic heterocycles. The van der Waals surface area contributed by atoms with Gasteiger partial charge in [-0.3, -0.25) is 4.79 Å². The van der Waals surface area contributed by atoms with Gasteiger partial charge < -0.3 is 20.4 Å². The Morgan fingerprint density at radius 3 is 1.88 bits per heavy atom. The van der Waals surface area contributed by atoms with Crippen LogP contribution in [0.1, 0.15) is 17.3 Å². The minimum absolute atomic E-state index is 0.139. The van der Waals surface area contributed by atoms with Crippen LogP contribution in [0.2, 0.25) is 0 Å². The highest BCUT2D eigenvalue weighted by Gasteiger charge is 1.96. The van der Waals surface area contributed by atoms with Crippen LogP contribution in [-0.4, -0.2) is 45.6 Å². The standard InChI is InChI=1S/C7H6O2.C3H8O2.CH2O2/c8-7(9)6-4-2-1-3-5-6;1-3(5)2-4;2-1-3/h1-5H,(H,8,9);3-5H,2H2,1H3;1H,(H,2,3). The molecule has 1 unspecified atom stereocenters. The van der Waals surface area contributed by atoms with Crippen LogP contribution in [0.4, 0.5) is 0 Å². The minimum Gasteiger partial charge on any atom is -0.483 e. The van der Waals surface area contributed by atoms with Gasteiger partial charge in [-0.15, -0.1) is 0 Å². The average Bonchev–Trinajstić information content (AvgIpc) is 2.32. The molecule has 0 saturated heterocycles.